The van der Waals surface area contributed by atoms with Crippen LogP contribution < -0.4 is 5.69 Å². The molecule has 1 saturated carbocycles. The molecule has 2 unspecified atom stereocenters. The average Bonchev–Trinajstić information content (AvgIpc) is 3.24. The number of likely N-dealkylation sites (tertiary alicyclic amines) is 1. The zero-order valence-electron chi connectivity index (χ0n) is 13.1. The average molecular weight is 315 g/mol. The summed E-state index contributed by atoms with van der Waals surface area (Å²) in [5, 5.41) is 16.8. The molecule has 23 heavy (non-hydrogen) atoms. The SMILES string of the molecule is Cn1c(C2C(C3CC3)CCN2Cc2ncccc2O)n[nH]c1=O. The summed E-state index contributed by atoms with van der Waals surface area (Å²) in [6.45, 7) is 1.50. The van der Waals surface area contributed by atoms with Gasteiger partial charge in [0.1, 0.15) is 5.75 Å². The minimum atomic E-state index is -0.179. The molecule has 7 nitrogen and oxygen atoms in total. The molecule has 1 saturated heterocycles. The van der Waals surface area contributed by atoms with Crippen molar-refractivity contribution in [2.24, 2.45) is 18.9 Å². The van der Waals surface area contributed by atoms with Crippen LogP contribution in [0.4, 0.5) is 0 Å². The van der Waals surface area contributed by atoms with Crippen molar-refractivity contribution in [3.8, 4) is 5.75 Å². The Morgan fingerprint density at radius 3 is 2.87 bits per heavy atom. The molecular formula is C16H21N5O2. The van der Waals surface area contributed by atoms with Gasteiger partial charge in [0.05, 0.1) is 11.7 Å². The molecule has 2 aromatic heterocycles. The Morgan fingerprint density at radius 1 is 1.39 bits per heavy atom. The molecule has 0 spiro atoms. The zero-order chi connectivity index (χ0) is 16.0. The van der Waals surface area contributed by atoms with E-state index < -0.39 is 0 Å². The van der Waals surface area contributed by atoms with Gasteiger partial charge in [-0.25, -0.2) is 9.89 Å². The molecule has 2 N–H and O–H groups in total. The summed E-state index contributed by atoms with van der Waals surface area (Å²) >= 11 is 0. The standard InChI is InChI=1S/C16H21N5O2/c1-20-15(18-19-16(20)23)14-11(10-4-5-10)6-8-21(14)9-12-13(22)3-2-7-17-12/h2-3,7,10-11,14,22H,4-6,8-9H2,1H3,(H,19,23). The van der Waals surface area contributed by atoms with E-state index in [0.717, 1.165) is 24.7 Å². The summed E-state index contributed by atoms with van der Waals surface area (Å²) in [7, 11) is 1.76. The lowest BCUT2D eigenvalue weighted by Crippen LogP contribution is -2.29. The van der Waals surface area contributed by atoms with Crippen LogP contribution in [0.15, 0.2) is 23.1 Å². The number of nitrogens with zero attached hydrogens (tertiary/aromatic N) is 4. The third-order valence-electron chi connectivity index (χ3n) is 5.17. The van der Waals surface area contributed by atoms with Gasteiger partial charge in [0, 0.05) is 19.8 Å². The number of nitrogens with one attached hydrogen (secondary N) is 1. The Balaban J connectivity index is 1.66. The Kier molecular flexibility index (Phi) is 3.45. The highest BCUT2D eigenvalue weighted by Gasteiger charge is 2.45. The topological polar surface area (TPSA) is 87.0 Å². The van der Waals surface area contributed by atoms with Crippen molar-refractivity contribution in [1.82, 2.24) is 24.6 Å². The molecule has 2 aromatic rings. The van der Waals surface area contributed by atoms with E-state index in [1.54, 1.807) is 29.9 Å². The number of hydrogen-bond donors (Lipinski definition) is 2. The molecule has 4 rings (SSSR count). The van der Waals surface area contributed by atoms with Crippen LogP contribution in [0.3, 0.4) is 0 Å². The second kappa shape index (κ2) is 5.49. The molecule has 2 aliphatic rings. The van der Waals surface area contributed by atoms with Gasteiger partial charge >= 0.3 is 5.69 Å². The molecule has 1 aliphatic heterocycles. The number of aromatic amines is 1. The summed E-state index contributed by atoms with van der Waals surface area (Å²) in [4.78, 5) is 18.4. The molecule has 0 radical (unpaired) electrons. The van der Waals surface area contributed by atoms with Crippen LogP contribution in [-0.4, -0.2) is 36.3 Å². The maximum atomic E-state index is 11.8. The van der Waals surface area contributed by atoms with E-state index in [0.29, 0.717) is 18.2 Å². The lowest BCUT2D eigenvalue weighted by Gasteiger charge is -2.27. The predicted octanol–water partition coefficient (Wildman–Crippen LogP) is 1.18. The van der Waals surface area contributed by atoms with Crippen LogP contribution >= 0.6 is 0 Å². The maximum Gasteiger partial charge on any atom is 0.343 e. The highest BCUT2D eigenvalue weighted by atomic mass is 16.3. The first-order chi connectivity index (χ1) is 11.1. The molecule has 122 valence electrons. The molecule has 3 heterocycles. The number of hydrogen-bond acceptors (Lipinski definition) is 5. The minimum Gasteiger partial charge on any atom is -0.506 e. The van der Waals surface area contributed by atoms with Crippen LogP contribution in [-0.2, 0) is 13.6 Å². The molecule has 0 amide bonds. The van der Waals surface area contributed by atoms with Gasteiger partial charge in [-0.05, 0) is 49.8 Å². The summed E-state index contributed by atoms with van der Waals surface area (Å²) in [6, 6.07) is 3.49. The fourth-order valence-electron chi connectivity index (χ4n) is 3.80. The number of aromatic hydroxyl groups is 1. The van der Waals surface area contributed by atoms with Crippen LogP contribution in [0.1, 0.15) is 36.8 Å². The summed E-state index contributed by atoms with van der Waals surface area (Å²) < 4.78 is 1.61. The normalized spacial score (nSPS) is 25.1. The van der Waals surface area contributed by atoms with Gasteiger partial charge in [-0.15, -0.1) is 0 Å². The van der Waals surface area contributed by atoms with Crippen molar-refractivity contribution in [2.45, 2.75) is 31.8 Å². The quantitative estimate of drug-likeness (QED) is 0.885. The van der Waals surface area contributed by atoms with Gasteiger partial charge in [-0.3, -0.25) is 14.5 Å². The van der Waals surface area contributed by atoms with Gasteiger partial charge in [-0.1, -0.05) is 0 Å². The van der Waals surface area contributed by atoms with Crippen LogP contribution in [0, 0.1) is 11.8 Å². The second-order valence-corrected chi connectivity index (χ2v) is 6.62. The smallest absolute Gasteiger partial charge is 0.343 e. The Morgan fingerprint density at radius 2 is 2.22 bits per heavy atom. The number of pyridine rings is 1. The van der Waals surface area contributed by atoms with Crippen molar-refractivity contribution in [3.63, 3.8) is 0 Å². The van der Waals surface area contributed by atoms with Gasteiger partial charge < -0.3 is 5.11 Å². The predicted molar refractivity (Wildman–Crippen MR) is 83.7 cm³/mol. The van der Waals surface area contributed by atoms with Gasteiger partial charge in [0.15, 0.2) is 5.82 Å². The molecule has 7 heteroatoms. The molecule has 2 fully saturated rings. The first kappa shape index (κ1) is 14.4. The van der Waals surface area contributed by atoms with Crippen molar-refractivity contribution in [3.05, 3.63) is 40.3 Å². The third-order valence-corrected chi connectivity index (χ3v) is 5.17. The van der Waals surface area contributed by atoms with Gasteiger partial charge in [-0.2, -0.15) is 5.10 Å². The van der Waals surface area contributed by atoms with E-state index >= 15 is 0 Å². The van der Waals surface area contributed by atoms with E-state index in [1.807, 2.05) is 0 Å². The fraction of sp³-hybridized carbons (Fsp3) is 0.562. The monoisotopic (exact) mass is 315 g/mol. The van der Waals surface area contributed by atoms with Crippen molar-refractivity contribution in [1.29, 1.82) is 0 Å². The Hall–Kier alpha value is -2.15. The van der Waals surface area contributed by atoms with Crippen LogP contribution in [0.2, 0.25) is 0 Å². The largest absolute Gasteiger partial charge is 0.506 e. The minimum absolute atomic E-state index is 0.104. The zero-order valence-corrected chi connectivity index (χ0v) is 13.1. The molecular weight excluding hydrogens is 294 g/mol. The summed E-state index contributed by atoms with van der Waals surface area (Å²) in [5.74, 6) is 2.26. The van der Waals surface area contributed by atoms with E-state index in [9.17, 15) is 9.90 Å². The number of aromatic nitrogens is 4. The van der Waals surface area contributed by atoms with Gasteiger partial charge in [0.2, 0.25) is 0 Å². The van der Waals surface area contributed by atoms with Crippen molar-refractivity contribution < 1.29 is 5.11 Å². The van der Waals surface area contributed by atoms with Crippen molar-refractivity contribution >= 4 is 0 Å². The molecule has 0 aromatic carbocycles. The first-order valence-electron chi connectivity index (χ1n) is 8.13. The van der Waals surface area contributed by atoms with Gasteiger partial charge in [0.25, 0.3) is 0 Å². The number of H-pyrrole nitrogens is 1. The van der Waals surface area contributed by atoms with Crippen molar-refractivity contribution in [2.75, 3.05) is 6.54 Å². The van der Waals surface area contributed by atoms with E-state index in [1.165, 1.54) is 12.8 Å². The molecule has 0 bridgehead atoms. The highest BCUT2D eigenvalue weighted by molar-refractivity contribution is 5.25. The van der Waals surface area contributed by atoms with Crippen LogP contribution in [0.25, 0.3) is 0 Å². The molecule has 1 aliphatic carbocycles. The maximum absolute atomic E-state index is 11.8. The Labute approximate surface area is 134 Å². The van der Waals surface area contributed by atoms with E-state index in [4.69, 9.17) is 0 Å². The highest BCUT2D eigenvalue weighted by Crippen LogP contribution is 2.50. The third kappa shape index (κ3) is 2.55. The summed E-state index contributed by atoms with van der Waals surface area (Å²) in [6.07, 6.45) is 5.33. The number of rotatable bonds is 4. The van der Waals surface area contributed by atoms with E-state index in [2.05, 4.69) is 20.1 Å². The second-order valence-electron chi connectivity index (χ2n) is 6.62. The Bertz CT molecular complexity index is 764. The fourth-order valence-corrected chi connectivity index (χ4v) is 3.80. The lowest BCUT2D eigenvalue weighted by atomic mass is 9.94. The first-order valence-corrected chi connectivity index (χ1v) is 8.13. The van der Waals surface area contributed by atoms with Crippen LogP contribution in [0.5, 0.6) is 5.75 Å². The lowest BCUT2D eigenvalue weighted by molar-refractivity contribution is 0.193. The molecule has 2 atom stereocenters. The van der Waals surface area contributed by atoms with E-state index in [-0.39, 0.29) is 17.5 Å². The summed E-state index contributed by atoms with van der Waals surface area (Å²) in [5.41, 5.74) is 0.497.